The van der Waals surface area contributed by atoms with Crippen molar-refractivity contribution >= 4 is 11.8 Å². The lowest BCUT2D eigenvalue weighted by molar-refractivity contribution is -0.393. The van der Waals surface area contributed by atoms with Crippen molar-refractivity contribution in [2.45, 2.75) is 212 Å². The van der Waals surface area contributed by atoms with Crippen LogP contribution in [0.25, 0.3) is 0 Å². The number of rotatable bonds is 16. The third-order valence-electron chi connectivity index (χ3n) is 13.2. The van der Waals surface area contributed by atoms with E-state index in [1.54, 1.807) is 0 Å². The molecule has 6 saturated heterocycles. The van der Waals surface area contributed by atoms with Crippen LogP contribution in [0.4, 0.5) is 0 Å². The topological polar surface area (TPSA) is 483 Å². The fourth-order valence-electron chi connectivity index (χ4n) is 9.19. The first kappa shape index (κ1) is 58.1. The summed E-state index contributed by atoms with van der Waals surface area (Å²) >= 11 is 0. The maximum Gasteiger partial charge on any atom is 0.217 e. The van der Waals surface area contributed by atoms with Crippen molar-refractivity contribution in [3.8, 4) is 0 Å². The molecule has 0 aromatic rings. The first-order chi connectivity index (χ1) is 33.5. The van der Waals surface area contributed by atoms with Crippen molar-refractivity contribution in [2.75, 3.05) is 26.4 Å². The van der Waals surface area contributed by atoms with Gasteiger partial charge in [0, 0.05) is 13.8 Å². The van der Waals surface area contributed by atoms with Gasteiger partial charge in [0.2, 0.25) is 11.8 Å². The van der Waals surface area contributed by atoms with Crippen molar-refractivity contribution in [3.05, 3.63) is 0 Å². The number of carbonyl (C=O) groups is 2. The second-order valence-corrected chi connectivity index (χ2v) is 18.2. The van der Waals surface area contributed by atoms with Gasteiger partial charge in [-0.1, -0.05) is 0 Å². The first-order valence-corrected chi connectivity index (χ1v) is 22.8. The highest BCUT2D eigenvalue weighted by Gasteiger charge is 2.59. The molecule has 0 spiro atoms. The van der Waals surface area contributed by atoms with Crippen LogP contribution in [0.1, 0.15) is 27.7 Å². The molecule has 6 heterocycles. The van der Waals surface area contributed by atoms with Gasteiger partial charge in [0.1, 0.15) is 134 Å². The highest BCUT2D eigenvalue weighted by molar-refractivity contribution is 5.73. The summed E-state index contributed by atoms with van der Waals surface area (Å²) in [4.78, 5) is 25.4. The Morgan fingerprint density at radius 3 is 1.15 bits per heavy atom. The normalized spacial score (nSPS) is 50.8. The van der Waals surface area contributed by atoms with Crippen LogP contribution in [0.15, 0.2) is 0 Å². The lowest BCUT2D eigenvalue weighted by Crippen LogP contribution is -2.71. The van der Waals surface area contributed by atoms with Gasteiger partial charge in [-0.05, 0) is 13.8 Å². The molecule has 0 aliphatic carbocycles. The molecule has 6 aliphatic heterocycles. The number of ether oxygens (including phenoxy) is 11. The quantitative estimate of drug-likeness (QED) is 0.0682. The third-order valence-corrected chi connectivity index (χ3v) is 13.2. The Hall–Kier alpha value is -2.14. The molecule has 6 aliphatic rings. The van der Waals surface area contributed by atoms with Crippen LogP contribution in [0.3, 0.4) is 0 Å². The number of nitrogens with one attached hydrogen (secondary N) is 2. The monoisotopic (exact) mass is 1040 g/mol. The summed E-state index contributed by atoms with van der Waals surface area (Å²) in [7, 11) is 0. The molecule has 6 fully saturated rings. The van der Waals surface area contributed by atoms with Crippen LogP contribution in [-0.4, -0.2) is 304 Å². The highest BCUT2D eigenvalue weighted by atomic mass is 16.8. The zero-order valence-corrected chi connectivity index (χ0v) is 38.6. The summed E-state index contributed by atoms with van der Waals surface area (Å²) in [5, 5.41) is 177. The molecule has 0 aromatic heterocycles. The lowest BCUT2D eigenvalue weighted by Gasteiger charge is -2.52. The number of aliphatic hydroxyl groups is 16. The summed E-state index contributed by atoms with van der Waals surface area (Å²) < 4.78 is 64.6. The van der Waals surface area contributed by atoms with E-state index in [-0.39, 0.29) is 0 Å². The van der Waals surface area contributed by atoms with Gasteiger partial charge in [-0.25, -0.2) is 0 Å². The molecular weight excluding hydrogens is 972 g/mol. The zero-order valence-electron chi connectivity index (χ0n) is 38.6. The smallest absolute Gasteiger partial charge is 0.217 e. The van der Waals surface area contributed by atoms with Gasteiger partial charge < -0.3 is 144 Å². The minimum Gasteiger partial charge on any atom is -0.394 e. The summed E-state index contributed by atoms with van der Waals surface area (Å²) in [5.41, 5.74) is 0. The van der Waals surface area contributed by atoms with E-state index in [1.807, 2.05) is 0 Å². The van der Waals surface area contributed by atoms with Crippen LogP contribution in [0.5, 0.6) is 0 Å². The van der Waals surface area contributed by atoms with Crippen molar-refractivity contribution in [2.24, 2.45) is 0 Å². The molecule has 71 heavy (non-hydrogen) atoms. The number of aliphatic hydroxyl groups excluding tert-OH is 16. The van der Waals surface area contributed by atoms with E-state index in [9.17, 15) is 91.3 Å². The van der Waals surface area contributed by atoms with E-state index in [0.29, 0.717) is 0 Å². The fraction of sp³-hybridized carbons (Fsp3) is 0.950. The minimum atomic E-state index is -2.25. The second kappa shape index (κ2) is 24.7. The molecule has 18 N–H and O–H groups in total. The molecule has 0 bridgehead atoms. The standard InChI is InChI=1S/C40H68N2O29/c1-9-19(49)23(53)26(56)37(61-9)69-32-17(41-11(3)47)35(60)63-15(7-45)30(32)68-40-29(59)34(22(52)14(6-44)65-40)71-36-18(42-12(4)48)33(70-38-27(57)24(54)20(50)10(2)62-38)31(16(8-46)66-36)67-39-28(58)25(55)21(51)13(5-43)64-39/h9-10,13-40,43-46,49-60H,5-8H2,1-4H3,(H,41,47)(H,42,48)/t9-,10-,13+,14+,15+,16+,17+,18+,19+,20+,21-,22-,23+,24+,25-,26-,27-,28+,29+,30+,31+,32+,33+,34-,35?,36-,37-,38-,39-,40-/m0/s1. The number of hydrogen-bond donors (Lipinski definition) is 18. The fourth-order valence-corrected chi connectivity index (χ4v) is 9.19. The molecule has 6 rings (SSSR count). The Kier molecular flexibility index (Phi) is 20.2. The SMILES string of the molecule is CC(=O)N[C@H]1[C@H](O[C@H]2[C@@H](O)[C@@H](CO)O[C@@H](O[C@H]3[C@H](O[C@@H]4O[C@@H](C)[C@@H](O)[C@@H](O)[C@@H]4O)[C@@H](NC(C)=O)C(O)O[C@@H]3CO)[C@@H]2O)O[C@H](CO)[C@@H](O[C@@H]2O[C@H](CO)[C@H](O)[C@H](O)[C@H]2O)[C@@H]1O[C@@H]1O[C@@H](C)[C@@H](O)[C@@H](O)[C@@H]1O. The summed E-state index contributed by atoms with van der Waals surface area (Å²) in [6.45, 7) is 0.720. The Labute approximate surface area is 403 Å². The van der Waals surface area contributed by atoms with Crippen molar-refractivity contribution in [1.82, 2.24) is 10.6 Å². The average Bonchev–Trinajstić information content (AvgIpc) is 3.33. The van der Waals surface area contributed by atoms with Crippen LogP contribution >= 0.6 is 0 Å². The predicted molar refractivity (Wildman–Crippen MR) is 220 cm³/mol. The molecule has 31 nitrogen and oxygen atoms in total. The summed E-state index contributed by atoms with van der Waals surface area (Å²) in [5.74, 6) is -1.64. The number of hydrogen-bond acceptors (Lipinski definition) is 29. The average molecular weight is 1040 g/mol. The van der Waals surface area contributed by atoms with Crippen LogP contribution in [0.2, 0.25) is 0 Å². The molecule has 412 valence electrons. The highest BCUT2D eigenvalue weighted by Crippen LogP contribution is 2.38. The Morgan fingerprint density at radius 2 is 0.704 bits per heavy atom. The Balaban J connectivity index is 1.35. The summed E-state index contributed by atoms with van der Waals surface area (Å²) in [6.07, 6.45) is -51.4. The van der Waals surface area contributed by atoms with Crippen molar-refractivity contribution < 1.29 is 143 Å². The zero-order chi connectivity index (χ0) is 52.5. The molecule has 0 saturated carbocycles. The molecule has 1 unspecified atom stereocenters. The van der Waals surface area contributed by atoms with Gasteiger partial charge in [-0.15, -0.1) is 0 Å². The van der Waals surface area contributed by atoms with E-state index in [2.05, 4.69) is 10.6 Å². The van der Waals surface area contributed by atoms with Gasteiger partial charge in [-0.2, -0.15) is 0 Å². The van der Waals surface area contributed by atoms with E-state index in [4.69, 9.17) is 52.1 Å². The predicted octanol–water partition coefficient (Wildman–Crippen LogP) is -11.8. The maximum atomic E-state index is 13.0. The van der Waals surface area contributed by atoms with Gasteiger partial charge in [0.15, 0.2) is 37.7 Å². The molecular formula is C40H68N2O29. The Morgan fingerprint density at radius 1 is 0.366 bits per heavy atom. The minimum absolute atomic E-state index is 0.773. The number of amides is 2. The second-order valence-electron chi connectivity index (χ2n) is 18.2. The molecule has 0 radical (unpaired) electrons. The van der Waals surface area contributed by atoms with Crippen LogP contribution in [0, 0.1) is 0 Å². The molecule has 0 aromatic carbocycles. The number of carbonyl (C=O) groups excluding carboxylic acids is 2. The largest absolute Gasteiger partial charge is 0.394 e. The first-order valence-electron chi connectivity index (χ1n) is 22.8. The van der Waals surface area contributed by atoms with Gasteiger partial charge in [0.05, 0.1) is 38.6 Å². The van der Waals surface area contributed by atoms with Gasteiger partial charge in [0.25, 0.3) is 0 Å². The third kappa shape index (κ3) is 12.4. The van der Waals surface area contributed by atoms with Crippen molar-refractivity contribution in [1.29, 1.82) is 0 Å². The van der Waals surface area contributed by atoms with Crippen molar-refractivity contribution in [3.63, 3.8) is 0 Å². The van der Waals surface area contributed by atoms with Crippen LogP contribution in [-0.2, 0) is 61.7 Å². The van der Waals surface area contributed by atoms with E-state index in [0.717, 1.165) is 13.8 Å². The lowest BCUT2D eigenvalue weighted by atomic mass is 9.93. The summed E-state index contributed by atoms with van der Waals surface area (Å²) in [6, 6.07) is -3.45. The van der Waals surface area contributed by atoms with E-state index < -0.39 is 222 Å². The Bertz CT molecular complexity index is 1710. The van der Waals surface area contributed by atoms with E-state index in [1.165, 1.54) is 13.8 Å². The molecule has 30 atom stereocenters. The van der Waals surface area contributed by atoms with Crippen LogP contribution < -0.4 is 10.6 Å². The molecule has 31 heteroatoms. The van der Waals surface area contributed by atoms with E-state index >= 15 is 0 Å². The van der Waals surface area contributed by atoms with Gasteiger partial charge in [-0.3, -0.25) is 9.59 Å². The molecule has 2 amide bonds. The van der Waals surface area contributed by atoms with Gasteiger partial charge >= 0.3 is 0 Å². The maximum absolute atomic E-state index is 13.0.